The first-order valence-electron chi connectivity index (χ1n) is 4.65. The summed E-state index contributed by atoms with van der Waals surface area (Å²) in [6.45, 7) is 0.367. The molecule has 0 amide bonds. The summed E-state index contributed by atoms with van der Waals surface area (Å²) >= 11 is 0. The number of rotatable bonds is 4. The van der Waals surface area contributed by atoms with Crippen molar-refractivity contribution < 1.29 is 14.6 Å². The van der Waals surface area contributed by atoms with Crippen molar-refractivity contribution in [2.75, 3.05) is 6.61 Å². The van der Waals surface area contributed by atoms with Gasteiger partial charge in [-0.05, 0) is 18.8 Å². The molecule has 0 spiro atoms. The minimum atomic E-state index is -1.15. The van der Waals surface area contributed by atoms with E-state index >= 15 is 0 Å². The van der Waals surface area contributed by atoms with Gasteiger partial charge in [-0.25, -0.2) is 4.79 Å². The quantitative estimate of drug-likeness (QED) is 0.523. The van der Waals surface area contributed by atoms with Crippen molar-refractivity contribution in [1.82, 2.24) is 0 Å². The number of ether oxygens (including phenoxy) is 1. The van der Waals surface area contributed by atoms with Crippen LogP contribution in [0.2, 0.25) is 0 Å². The molecule has 1 N–H and O–H groups in total. The molecule has 0 saturated heterocycles. The predicted molar refractivity (Wildman–Crippen MR) is 45.2 cm³/mol. The van der Waals surface area contributed by atoms with Crippen LogP contribution in [-0.4, -0.2) is 17.9 Å². The van der Waals surface area contributed by atoms with Gasteiger partial charge in [-0.15, -0.1) is 0 Å². The molecule has 0 aromatic heterocycles. The highest BCUT2D eigenvalue weighted by Gasteiger charge is 2.14. The highest BCUT2D eigenvalue weighted by atomic mass is 16.7. The molecule has 0 aromatic rings. The zero-order valence-corrected chi connectivity index (χ0v) is 7.29. The average molecular weight is 172 g/mol. The summed E-state index contributed by atoms with van der Waals surface area (Å²) in [6, 6.07) is 0. The third-order valence-corrected chi connectivity index (χ3v) is 2.46. The highest BCUT2D eigenvalue weighted by molar-refractivity contribution is 5.56. The first-order valence-corrected chi connectivity index (χ1v) is 4.65. The lowest BCUT2D eigenvalue weighted by Gasteiger charge is -2.07. The van der Waals surface area contributed by atoms with Crippen LogP contribution in [0.25, 0.3) is 0 Å². The SMILES string of the molecule is O=C(O)OCCCC1CCCC1. The lowest BCUT2D eigenvalue weighted by atomic mass is 10.0. The molecule has 70 valence electrons. The summed E-state index contributed by atoms with van der Waals surface area (Å²) in [5, 5.41) is 8.18. The van der Waals surface area contributed by atoms with E-state index in [-0.39, 0.29) is 0 Å². The fraction of sp³-hybridized carbons (Fsp3) is 0.889. The Morgan fingerprint density at radius 3 is 2.67 bits per heavy atom. The summed E-state index contributed by atoms with van der Waals surface area (Å²) < 4.78 is 4.42. The summed E-state index contributed by atoms with van der Waals surface area (Å²) in [5.41, 5.74) is 0. The van der Waals surface area contributed by atoms with Gasteiger partial charge in [0.15, 0.2) is 0 Å². The lowest BCUT2D eigenvalue weighted by Crippen LogP contribution is -2.03. The van der Waals surface area contributed by atoms with Crippen LogP contribution in [0.3, 0.4) is 0 Å². The number of carboxylic acid groups (broad SMARTS) is 1. The molecule has 1 fully saturated rings. The Hall–Kier alpha value is -0.730. The van der Waals surface area contributed by atoms with E-state index in [4.69, 9.17) is 5.11 Å². The normalized spacial score (nSPS) is 18.0. The zero-order valence-electron chi connectivity index (χ0n) is 7.29. The van der Waals surface area contributed by atoms with Gasteiger partial charge in [0.2, 0.25) is 0 Å². The van der Waals surface area contributed by atoms with Crippen LogP contribution in [0.1, 0.15) is 38.5 Å². The smallest absolute Gasteiger partial charge is 0.450 e. The lowest BCUT2D eigenvalue weighted by molar-refractivity contribution is 0.0889. The van der Waals surface area contributed by atoms with Crippen LogP contribution >= 0.6 is 0 Å². The van der Waals surface area contributed by atoms with Gasteiger partial charge in [0.25, 0.3) is 0 Å². The Balaban J connectivity index is 1.91. The molecule has 0 radical (unpaired) electrons. The maximum Gasteiger partial charge on any atom is 0.505 e. The molecule has 1 saturated carbocycles. The van der Waals surface area contributed by atoms with Crippen LogP contribution < -0.4 is 0 Å². The van der Waals surface area contributed by atoms with Gasteiger partial charge in [0.05, 0.1) is 6.61 Å². The summed E-state index contributed by atoms with van der Waals surface area (Å²) in [6.07, 6.45) is 6.22. The van der Waals surface area contributed by atoms with Gasteiger partial charge in [0, 0.05) is 0 Å². The molecule has 12 heavy (non-hydrogen) atoms. The molecule has 0 aliphatic heterocycles. The Morgan fingerprint density at radius 2 is 2.08 bits per heavy atom. The first kappa shape index (κ1) is 9.36. The van der Waals surface area contributed by atoms with Crippen molar-refractivity contribution in [1.29, 1.82) is 0 Å². The second-order valence-electron chi connectivity index (χ2n) is 3.41. The van der Waals surface area contributed by atoms with Crippen molar-refractivity contribution in [3.63, 3.8) is 0 Å². The summed E-state index contributed by atoms with van der Waals surface area (Å²) in [4.78, 5) is 9.97. The van der Waals surface area contributed by atoms with E-state index in [9.17, 15) is 4.79 Å². The maximum absolute atomic E-state index is 9.97. The predicted octanol–water partition coefficient (Wildman–Crippen LogP) is 2.65. The Morgan fingerprint density at radius 1 is 1.42 bits per heavy atom. The zero-order chi connectivity index (χ0) is 8.81. The second-order valence-corrected chi connectivity index (χ2v) is 3.41. The number of hydrogen-bond acceptors (Lipinski definition) is 2. The largest absolute Gasteiger partial charge is 0.505 e. The molecule has 0 bridgehead atoms. The topological polar surface area (TPSA) is 46.5 Å². The van der Waals surface area contributed by atoms with Crippen molar-refractivity contribution in [3.05, 3.63) is 0 Å². The number of hydrogen-bond donors (Lipinski definition) is 1. The van der Waals surface area contributed by atoms with E-state index in [2.05, 4.69) is 4.74 Å². The molecule has 3 nitrogen and oxygen atoms in total. The minimum Gasteiger partial charge on any atom is -0.450 e. The first-order chi connectivity index (χ1) is 5.79. The van der Waals surface area contributed by atoms with E-state index in [1.807, 2.05) is 0 Å². The fourth-order valence-corrected chi connectivity index (χ4v) is 1.83. The van der Waals surface area contributed by atoms with E-state index in [1.54, 1.807) is 0 Å². The summed E-state index contributed by atoms with van der Waals surface area (Å²) in [5.74, 6) is 0.836. The molecule has 1 aliphatic rings. The van der Waals surface area contributed by atoms with Crippen LogP contribution in [0.15, 0.2) is 0 Å². The molecule has 0 aromatic carbocycles. The monoisotopic (exact) mass is 172 g/mol. The molecule has 0 heterocycles. The molecule has 1 rings (SSSR count). The minimum absolute atomic E-state index is 0.367. The van der Waals surface area contributed by atoms with Crippen LogP contribution in [-0.2, 0) is 4.74 Å². The van der Waals surface area contributed by atoms with Gasteiger partial charge >= 0.3 is 6.16 Å². The summed E-state index contributed by atoms with van der Waals surface area (Å²) in [7, 11) is 0. The molecular weight excluding hydrogens is 156 g/mol. The van der Waals surface area contributed by atoms with E-state index in [0.717, 1.165) is 18.8 Å². The Bertz CT molecular complexity index is 139. The van der Waals surface area contributed by atoms with Gasteiger partial charge < -0.3 is 9.84 Å². The second kappa shape index (κ2) is 5.01. The van der Waals surface area contributed by atoms with Crippen LogP contribution in [0.5, 0.6) is 0 Å². The van der Waals surface area contributed by atoms with E-state index in [1.165, 1.54) is 25.7 Å². The molecular formula is C9H16O3. The molecule has 0 unspecified atom stereocenters. The van der Waals surface area contributed by atoms with Gasteiger partial charge in [-0.1, -0.05) is 25.7 Å². The number of carbonyl (C=O) groups is 1. The third-order valence-electron chi connectivity index (χ3n) is 2.46. The van der Waals surface area contributed by atoms with Crippen molar-refractivity contribution in [2.24, 2.45) is 5.92 Å². The standard InChI is InChI=1S/C9H16O3/c10-9(11)12-7-3-6-8-4-1-2-5-8/h8H,1-7H2,(H,10,11). The maximum atomic E-state index is 9.97. The van der Waals surface area contributed by atoms with Crippen molar-refractivity contribution in [2.45, 2.75) is 38.5 Å². The van der Waals surface area contributed by atoms with Gasteiger partial charge in [0.1, 0.15) is 0 Å². The molecule has 0 atom stereocenters. The Kier molecular flexibility index (Phi) is 3.91. The average Bonchev–Trinajstić information content (AvgIpc) is 2.49. The van der Waals surface area contributed by atoms with E-state index in [0.29, 0.717) is 6.61 Å². The fourth-order valence-electron chi connectivity index (χ4n) is 1.83. The molecule has 3 heteroatoms. The van der Waals surface area contributed by atoms with E-state index < -0.39 is 6.16 Å². The van der Waals surface area contributed by atoms with Gasteiger partial charge in [-0.3, -0.25) is 0 Å². The van der Waals surface area contributed by atoms with Crippen molar-refractivity contribution >= 4 is 6.16 Å². The van der Waals surface area contributed by atoms with Gasteiger partial charge in [-0.2, -0.15) is 0 Å². The van der Waals surface area contributed by atoms with Crippen LogP contribution in [0.4, 0.5) is 4.79 Å². The Labute approximate surface area is 72.7 Å². The van der Waals surface area contributed by atoms with Crippen molar-refractivity contribution in [3.8, 4) is 0 Å². The third kappa shape index (κ3) is 3.60. The highest BCUT2D eigenvalue weighted by Crippen LogP contribution is 2.28. The molecule has 1 aliphatic carbocycles. The van der Waals surface area contributed by atoms with Crippen LogP contribution in [0, 0.1) is 5.92 Å².